The summed E-state index contributed by atoms with van der Waals surface area (Å²) < 4.78 is 10.3. The van der Waals surface area contributed by atoms with Crippen LogP contribution in [0.3, 0.4) is 0 Å². The number of rotatable bonds is 4. The normalized spacial score (nSPS) is 10.2. The van der Waals surface area contributed by atoms with E-state index < -0.39 is 5.97 Å². The number of benzene rings is 2. The second-order valence-corrected chi connectivity index (χ2v) is 4.81. The summed E-state index contributed by atoms with van der Waals surface area (Å²) in [6.07, 6.45) is 0. The minimum absolute atomic E-state index is 0.137. The van der Waals surface area contributed by atoms with Crippen molar-refractivity contribution in [3.05, 3.63) is 63.6 Å². The van der Waals surface area contributed by atoms with Crippen LogP contribution in [0.5, 0.6) is 5.75 Å². The SMILES string of the molecule is COc1c(Cl)ccc(Cl)c1C(=O)OCc1ccccc1. The molecule has 0 bridgehead atoms. The smallest absolute Gasteiger partial charge is 0.343 e. The molecule has 104 valence electrons. The van der Waals surface area contributed by atoms with Gasteiger partial charge in [-0.05, 0) is 17.7 Å². The molecule has 0 saturated carbocycles. The number of halogens is 2. The number of carbonyl (C=O) groups is 1. The van der Waals surface area contributed by atoms with E-state index in [0.29, 0.717) is 5.02 Å². The Morgan fingerprint density at radius 1 is 1.05 bits per heavy atom. The molecule has 5 heteroatoms. The third kappa shape index (κ3) is 3.24. The molecule has 0 aliphatic heterocycles. The van der Waals surface area contributed by atoms with Crippen molar-refractivity contribution in [2.45, 2.75) is 6.61 Å². The first-order valence-corrected chi connectivity index (χ1v) is 6.62. The summed E-state index contributed by atoms with van der Waals surface area (Å²) in [7, 11) is 1.42. The van der Waals surface area contributed by atoms with E-state index in [2.05, 4.69) is 0 Å². The highest BCUT2D eigenvalue weighted by atomic mass is 35.5. The van der Waals surface area contributed by atoms with Gasteiger partial charge in [-0.15, -0.1) is 0 Å². The standard InChI is InChI=1S/C15H12Cl2O3/c1-19-14-12(17)8-7-11(16)13(14)15(18)20-9-10-5-3-2-4-6-10/h2-8H,9H2,1H3. The van der Waals surface area contributed by atoms with Crippen molar-refractivity contribution < 1.29 is 14.3 Å². The molecule has 0 radical (unpaired) electrons. The van der Waals surface area contributed by atoms with Gasteiger partial charge in [0.1, 0.15) is 12.2 Å². The van der Waals surface area contributed by atoms with Gasteiger partial charge in [0.15, 0.2) is 5.75 Å². The van der Waals surface area contributed by atoms with Gasteiger partial charge in [-0.3, -0.25) is 0 Å². The molecular formula is C15H12Cl2O3. The minimum Gasteiger partial charge on any atom is -0.494 e. The molecule has 0 aliphatic rings. The second kappa shape index (κ2) is 6.64. The molecular weight excluding hydrogens is 299 g/mol. The van der Waals surface area contributed by atoms with Gasteiger partial charge in [-0.25, -0.2) is 4.79 Å². The predicted octanol–water partition coefficient (Wildman–Crippen LogP) is 4.36. The third-order valence-electron chi connectivity index (χ3n) is 2.68. The van der Waals surface area contributed by atoms with Crippen LogP contribution in [-0.2, 0) is 11.3 Å². The fourth-order valence-corrected chi connectivity index (χ4v) is 2.18. The molecule has 0 unspecified atom stereocenters. The fourth-order valence-electron chi connectivity index (χ4n) is 1.72. The van der Waals surface area contributed by atoms with E-state index in [-0.39, 0.29) is 22.9 Å². The zero-order chi connectivity index (χ0) is 14.5. The lowest BCUT2D eigenvalue weighted by Gasteiger charge is -2.11. The van der Waals surface area contributed by atoms with E-state index in [4.69, 9.17) is 32.7 Å². The van der Waals surface area contributed by atoms with Crippen LogP contribution < -0.4 is 4.74 Å². The van der Waals surface area contributed by atoms with Crippen LogP contribution in [0, 0.1) is 0 Å². The summed E-state index contributed by atoms with van der Waals surface area (Å²) >= 11 is 12.0. The molecule has 0 aromatic heterocycles. The number of hydrogen-bond donors (Lipinski definition) is 0. The van der Waals surface area contributed by atoms with Crippen molar-refractivity contribution >= 4 is 29.2 Å². The molecule has 2 rings (SSSR count). The molecule has 3 nitrogen and oxygen atoms in total. The summed E-state index contributed by atoms with van der Waals surface area (Å²) in [5.74, 6) is -0.351. The maximum absolute atomic E-state index is 12.1. The van der Waals surface area contributed by atoms with Gasteiger partial charge in [0, 0.05) is 0 Å². The van der Waals surface area contributed by atoms with Crippen molar-refractivity contribution in [1.29, 1.82) is 0 Å². The summed E-state index contributed by atoms with van der Waals surface area (Å²) in [6.45, 7) is 0.158. The van der Waals surface area contributed by atoms with Crippen molar-refractivity contribution in [3.8, 4) is 5.75 Å². The van der Waals surface area contributed by atoms with Gasteiger partial charge in [0.2, 0.25) is 0 Å². The Balaban J connectivity index is 2.19. The summed E-state index contributed by atoms with van der Waals surface area (Å²) in [5, 5.41) is 0.549. The van der Waals surface area contributed by atoms with Crippen LogP contribution in [0.4, 0.5) is 0 Å². The van der Waals surface area contributed by atoms with Crippen LogP contribution in [0.15, 0.2) is 42.5 Å². The highest BCUT2D eigenvalue weighted by Gasteiger charge is 2.20. The Morgan fingerprint density at radius 2 is 1.70 bits per heavy atom. The predicted molar refractivity (Wildman–Crippen MR) is 78.6 cm³/mol. The summed E-state index contributed by atoms with van der Waals surface area (Å²) in [5.41, 5.74) is 1.02. The molecule has 0 fully saturated rings. The number of hydrogen-bond acceptors (Lipinski definition) is 3. The molecule has 0 aliphatic carbocycles. The average Bonchev–Trinajstić information content (AvgIpc) is 2.48. The number of methoxy groups -OCH3 is 1. The quantitative estimate of drug-likeness (QED) is 0.787. The molecule has 0 heterocycles. The highest BCUT2D eigenvalue weighted by molar-refractivity contribution is 6.37. The lowest BCUT2D eigenvalue weighted by Crippen LogP contribution is -2.08. The molecule has 0 saturated heterocycles. The zero-order valence-electron chi connectivity index (χ0n) is 10.7. The first-order valence-electron chi connectivity index (χ1n) is 5.86. The Bertz CT molecular complexity index is 612. The molecule has 20 heavy (non-hydrogen) atoms. The number of carbonyl (C=O) groups excluding carboxylic acids is 1. The Labute approximate surface area is 127 Å². The van der Waals surface area contributed by atoms with Gasteiger partial charge in [-0.1, -0.05) is 53.5 Å². The van der Waals surface area contributed by atoms with E-state index in [0.717, 1.165) is 5.56 Å². The fraction of sp³-hybridized carbons (Fsp3) is 0.133. The molecule has 2 aromatic carbocycles. The van der Waals surface area contributed by atoms with Crippen LogP contribution in [0.1, 0.15) is 15.9 Å². The zero-order valence-corrected chi connectivity index (χ0v) is 12.2. The first kappa shape index (κ1) is 14.7. The Kier molecular flexibility index (Phi) is 4.88. The van der Waals surface area contributed by atoms with E-state index in [1.807, 2.05) is 30.3 Å². The van der Waals surface area contributed by atoms with Crippen molar-refractivity contribution in [3.63, 3.8) is 0 Å². The summed E-state index contributed by atoms with van der Waals surface area (Å²) in [4.78, 5) is 12.1. The highest BCUT2D eigenvalue weighted by Crippen LogP contribution is 2.34. The molecule has 0 amide bonds. The van der Waals surface area contributed by atoms with Crippen LogP contribution >= 0.6 is 23.2 Å². The summed E-state index contributed by atoms with van der Waals surface area (Å²) in [6, 6.07) is 12.5. The first-order chi connectivity index (χ1) is 9.63. The van der Waals surface area contributed by atoms with Gasteiger partial charge in [-0.2, -0.15) is 0 Å². The van der Waals surface area contributed by atoms with Crippen molar-refractivity contribution in [1.82, 2.24) is 0 Å². The monoisotopic (exact) mass is 310 g/mol. The maximum atomic E-state index is 12.1. The average molecular weight is 311 g/mol. The van der Waals surface area contributed by atoms with Crippen LogP contribution in [0.2, 0.25) is 10.0 Å². The van der Waals surface area contributed by atoms with E-state index in [9.17, 15) is 4.79 Å². The largest absolute Gasteiger partial charge is 0.494 e. The minimum atomic E-state index is -0.571. The molecule has 2 aromatic rings. The van der Waals surface area contributed by atoms with Gasteiger partial charge >= 0.3 is 5.97 Å². The third-order valence-corrected chi connectivity index (χ3v) is 3.29. The van der Waals surface area contributed by atoms with Crippen LogP contribution in [-0.4, -0.2) is 13.1 Å². The molecule has 0 N–H and O–H groups in total. The number of ether oxygens (including phenoxy) is 2. The van der Waals surface area contributed by atoms with Crippen LogP contribution in [0.25, 0.3) is 0 Å². The van der Waals surface area contributed by atoms with E-state index in [1.165, 1.54) is 13.2 Å². The number of esters is 1. The van der Waals surface area contributed by atoms with Crippen molar-refractivity contribution in [2.24, 2.45) is 0 Å². The molecule has 0 spiro atoms. The maximum Gasteiger partial charge on any atom is 0.343 e. The van der Waals surface area contributed by atoms with Gasteiger partial charge < -0.3 is 9.47 Å². The lowest BCUT2D eigenvalue weighted by molar-refractivity contribution is 0.0469. The second-order valence-electron chi connectivity index (χ2n) is 4.00. The lowest BCUT2D eigenvalue weighted by atomic mass is 10.2. The van der Waals surface area contributed by atoms with Gasteiger partial charge in [0.05, 0.1) is 17.2 Å². The van der Waals surface area contributed by atoms with E-state index >= 15 is 0 Å². The Morgan fingerprint density at radius 3 is 2.35 bits per heavy atom. The topological polar surface area (TPSA) is 35.5 Å². The van der Waals surface area contributed by atoms with E-state index in [1.54, 1.807) is 6.07 Å². The van der Waals surface area contributed by atoms with Gasteiger partial charge in [0.25, 0.3) is 0 Å². The Hall–Kier alpha value is -1.71. The van der Waals surface area contributed by atoms with Crippen molar-refractivity contribution in [2.75, 3.05) is 7.11 Å². The molecule has 0 atom stereocenters.